The maximum absolute atomic E-state index is 12.0. The summed E-state index contributed by atoms with van der Waals surface area (Å²) < 4.78 is 0. The van der Waals surface area contributed by atoms with Gasteiger partial charge in [-0.05, 0) is 37.8 Å². The lowest BCUT2D eigenvalue weighted by atomic mass is 9.94. The Morgan fingerprint density at radius 1 is 1.17 bits per heavy atom. The SMILES string of the molecule is O=C(NC1CCC(Cl)CC1)c1c(O)cccc1O. The lowest BCUT2D eigenvalue weighted by Gasteiger charge is -2.26. The van der Waals surface area contributed by atoms with E-state index in [0.29, 0.717) is 0 Å². The van der Waals surface area contributed by atoms with Gasteiger partial charge < -0.3 is 15.5 Å². The Morgan fingerprint density at radius 2 is 1.72 bits per heavy atom. The van der Waals surface area contributed by atoms with Crippen molar-refractivity contribution in [1.29, 1.82) is 0 Å². The van der Waals surface area contributed by atoms with Gasteiger partial charge in [-0.25, -0.2) is 0 Å². The van der Waals surface area contributed by atoms with Crippen molar-refractivity contribution in [3.8, 4) is 11.5 Å². The minimum Gasteiger partial charge on any atom is -0.507 e. The smallest absolute Gasteiger partial charge is 0.259 e. The molecule has 5 heteroatoms. The fourth-order valence-electron chi connectivity index (χ4n) is 2.22. The minimum atomic E-state index is -0.441. The average molecular weight is 270 g/mol. The van der Waals surface area contributed by atoms with Crippen molar-refractivity contribution in [2.24, 2.45) is 0 Å². The van der Waals surface area contributed by atoms with Crippen molar-refractivity contribution in [3.05, 3.63) is 23.8 Å². The second-order valence-electron chi connectivity index (χ2n) is 4.59. The van der Waals surface area contributed by atoms with Crippen LogP contribution in [0, 0.1) is 0 Å². The number of alkyl halides is 1. The standard InChI is InChI=1S/C13H16ClNO3/c14-8-4-6-9(7-5-8)15-13(18)12-10(16)2-1-3-11(12)17/h1-3,8-9,16-17H,4-7H2,(H,15,18). The molecule has 0 bridgehead atoms. The third-order valence-electron chi connectivity index (χ3n) is 3.24. The Hall–Kier alpha value is -1.42. The highest BCUT2D eigenvalue weighted by molar-refractivity contribution is 6.20. The largest absolute Gasteiger partial charge is 0.507 e. The molecule has 0 saturated heterocycles. The highest BCUT2D eigenvalue weighted by Crippen LogP contribution is 2.27. The Labute approximate surface area is 111 Å². The Morgan fingerprint density at radius 3 is 2.28 bits per heavy atom. The average Bonchev–Trinajstić information content (AvgIpc) is 2.32. The predicted molar refractivity (Wildman–Crippen MR) is 69.1 cm³/mol. The van der Waals surface area contributed by atoms with Crippen molar-refractivity contribution < 1.29 is 15.0 Å². The highest BCUT2D eigenvalue weighted by Gasteiger charge is 2.23. The summed E-state index contributed by atoms with van der Waals surface area (Å²) in [5.41, 5.74) is -0.0644. The molecule has 0 unspecified atom stereocenters. The molecule has 1 amide bonds. The molecule has 18 heavy (non-hydrogen) atoms. The second kappa shape index (κ2) is 5.48. The van der Waals surface area contributed by atoms with Gasteiger partial charge in [-0.2, -0.15) is 0 Å². The van der Waals surface area contributed by atoms with Crippen molar-refractivity contribution in [2.45, 2.75) is 37.1 Å². The molecule has 1 aliphatic carbocycles. The molecule has 0 aliphatic heterocycles. The normalized spacial score (nSPS) is 23.6. The van der Waals surface area contributed by atoms with E-state index in [1.54, 1.807) is 0 Å². The number of nitrogens with one attached hydrogen (secondary N) is 1. The van der Waals surface area contributed by atoms with Crippen molar-refractivity contribution in [2.75, 3.05) is 0 Å². The maximum Gasteiger partial charge on any atom is 0.259 e. The number of aromatic hydroxyl groups is 2. The first kappa shape index (κ1) is 13.0. The van der Waals surface area contributed by atoms with Gasteiger partial charge in [0.1, 0.15) is 17.1 Å². The fraction of sp³-hybridized carbons (Fsp3) is 0.462. The number of halogens is 1. The van der Waals surface area contributed by atoms with Crippen LogP contribution >= 0.6 is 11.6 Å². The van der Waals surface area contributed by atoms with E-state index in [0.717, 1.165) is 25.7 Å². The quantitative estimate of drug-likeness (QED) is 0.722. The Kier molecular flexibility index (Phi) is 3.97. The van der Waals surface area contributed by atoms with Gasteiger partial charge in [0, 0.05) is 11.4 Å². The lowest BCUT2D eigenvalue weighted by Crippen LogP contribution is -2.37. The summed E-state index contributed by atoms with van der Waals surface area (Å²) in [4.78, 5) is 12.0. The number of amides is 1. The molecule has 1 aliphatic rings. The molecule has 4 nitrogen and oxygen atoms in total. The van der Waals surface area contributed by atoms with Gasteiger partial charge >= 0.3 is 0 Å². The van der Waals surface area contributed by atoms with Gasteiger partial charge in [-0.15, -0.1) is 11.6 Å². The first-order valence-corrected chi connectivity index (χ1v) is 6.47. The van der Waals surface area contributed by atoms with Crippen LogP contribution in [0.2, 0.25) is 0 Å². The monoisotopic (exact) mass is 269 g/mol. The van der Waals surface area contributed by atoms with Crippen LogP contribution in [0.25, 0.3) is 0 Å². The molecule has 98 valence electrons. The van der Waals surface area contributed by atoms with Crippen LogP contribution in [0.15, 0.2) is 18.2 Å². The van der Waals surface area contributed by atoms with Gasteiger partial charge in [0.2, 0.25) is 0 Å². The van der Waals surface area contributed by atoms with Crippen molar-refractivity contribution in [3.63, 3.8) is 0 Å². The minimum absolute atomic E-state index is 0.0616. The molecular formula is C13H16ClNO3. The lowest BCUT2D eigenvalue weighted by molar-refractivity contribution is 0.0922. The number of hydrogen-bond acceptors (Lipinski definition) is 3. The summed E-state index contributed by atoms with van der Waals surface area (Å²) in [5, 5.41) is 22.2. The number of phenolic OH excluding ortho intramolecular Hbond substituents is 2. The molecule has 0 spiro atoms. The van der Waals surface area contributed by atoms with Crippen LogP contribution in [-0.4, -0.2) is 27.5 Å². The highest BCUT2D eigenvalue weighted by atomic mass is 35.5. The van der Waals surface area contributed by atoms with E-state index >= 15 is 0 Å². The van der Waals surface area contributed by atoms with Gasteiger partial charge in [0.05, 0.1) is 0 Å². The molecule has 1 aromatic carbocycles. The molecule has 1 fully saturated rings. The molecule has 0 heterocycles. The van der Waals surface area contributed by atoms with Crippen LogP contribution in [0.4, 0.5) is 0 Å². The number of benzene rings is 1. The third-order valence-corrected chi connectivity index (χ3v) is 3.68. The van der Waals surface area contributed by atoms with Crippen LogP contribution in [0.5, 0.6) is 11.5 Å². The van der Waals surface area contributed by atoms with Gasteiger partial charge in [0.15, 0.2) is 0 Å². The van der Waals surface area contributed by atoms with E-state index in [4.69, 9.17) is 11.6 Å². The van der Waals surface area contributed by atoms with E-state index in [9.17, 15) is 15.0 Å². The van der Waals surface area contributed by atoms with Crippen LogP contribution < -0.4 is 5.32 Å². The van der Waals surface area contributed by atoms with Crippen molar-refractivity contribution >= 4 is 17.5 Å². The zero-order chi connectivity index (χ0) is 13.1. The Bertz CT molecular complexity index is 422. The summed E-state index contributed by atoms with van der Waals surface area (Å²) in [6.07, 6.45) is 3.40. The number of carbonyl (C=O) groups is 1. The zero-order valence-corrected chi connectivity index (χ0v) is 10.7. The van der Waals surface area contributed by atoms with Gasteiger partial charge in [-0.1, -0.05) is 6.07 Å². The summed E-state index contributed by atoms with van der Waals surface area (Å²) in [6.45, 7) is 0. The number of carbonyl (C=O) groups excluding carboxylic acids is 1. The van der Waals surface area contributed by atoms with Gasteiger partial charge in [-0.3, -0.25) is 4.79 Å². The summed E-state index contributed by atoms with van der Waals surface area (Å²) >= 11 is 5.99. The predicted octanol–water partition coefficient (Wildman–Crippen LogP) is 2.38. The second-order valence-corrected chi connectivity index (χ2v) is 5.21. The number of hydrogen-bond donors (Lipinski definition) is 3. The van der Waals surface area contributed by atoms with Crippen LogP contribution in [0.1, 0.15) is 36.0 Å². The molecule has 1 aromatic rings. The fourth-order valence-corrected chi connectivity index (χ4v) is 2.47. The first-order chi connectivity index (χ1) is 8.58. The summed E-state index contributed by atoms with van der Waals surface area (Å²) in [6, 6.07) is 4.31. The van der Waals surface area contributed by atoms with E-state index in [2.05, 4.69) is 5.32 Å². The molecule has 1 saturated carbocycles. The molecular weight excluding hydrogens is 254 g/mol. The maximum atomic E-state index is 12.0. The molecule has 0 atom stereocenters. The molecule has 3 N–H and O–H groups in total. The number of rotatable bonds is 2. The topological polar surface area (TPSA) is 69.6 Å². The molecule has 0 radical (unpaired) electrons. The molecule has 0 aromatic heterocycles. The van der Waals surface area contributed by atoms with E-state index in [1.807, 2.05) is 0 Å². The first-order valence-electron chi connectivity index (χ1n) is 6.04. The van der Waals surface area contributed by atoms with Crippen LogP contribution in [0.3, 0.4) is 0 Å². The van der Waals surface area contributed by atoms with Crippen molar-refractivity contribution in [1.82, 2.24) is 5.32 Å². The zero-order valence-electron chi connectivity index (χ0n) is 9.90. The van der Waals surface area contributed by atoms with E-state index in [1.165, 1.54) is 18.2 Å². The third kappa shape index (κ3) is 2.88. The van der Waals surface area contributed by atoms with E-state index < -0.39 is 5.91 Å². The van der Waals surface area contributed by atoms with Gasteiger partial charge in [0.25, 0.3) is 5.91 Å². The summed E-state index contributed by atoms with van der Waals surface area (Å²) in [7, 11) is 0. The van der Waals surface area contributed by atoms with Crippen LogP contribution in [-0.2, 0) is 0 Å². The molecule has 2 rings (SSSR count). The van der Waals surface area contributed by atoms with E-state index in [-0.39, 0.29) is 28.5 Å². The summed E-state index contributed by atoms with van der Waals surface area (Å²) in [5.74, 6) is -0.860. The Balaban J connectivity index is 2.04. The number of phenols is 2.